The largest absolute Gasteiger partial charge is 0.506 e. The second-order valence-electron chi connectivity index (χ2n) is 2.21. The number of rotatable bonds is 2. The van der Waals surface area contributed by atoms with Crippen LogP contribution < -0.4 is 0 Å². The molecular weight excluding hydrogens is 184 g/mol. The summed E-state index contributed by atoms with van der Waals surface area (Å²) in [5.74, 6) is -2.12. The molecule has 0 radical (unpaired) electrons. The molecule has 0 saturated carbocycles. The zero-order valence-corrected chi connectivity index (χ0v) is 6.24. The standard InChI is InChI=1S/C7H5F2NO3/c8-6(9)5-4(11)2-1-3(10-5)7(12)13/h1-2,6,11H,(H,12,13). The summed E-state index contributed by atoms with van der Waals surface area (Å²) in [6.45, 7) is 0. The van der Waals surface area contributed by atoms with E-state index in [0.29, 0.717) is 0 Å². The number of aromatic nitrogens is 1. The minimum Gasteiger partial charge on any atom is -0.506 e. The van der Waals surface area contributed by atoms with Crippen LogP contribution in [0.1, 0.15) is 22.6 Å². The van der Waals surface area contributed by atoms with Crippen LogP contribution in [0.15, 0.2) is 12.1 Å². The average Bonchev–Trinajstić information content (AvgIpc) is 2.04. The number of nitrogens with zero attached hydrogens (tertiary/aromatic N) is 1. The fourth-order valence-corrected chi connectivity index (χ4v) is 0.747. The van der Waals surface area contributed by atoms with Crippen molar-refractivity contribution in [2.24, 2.45) is 0 Å². The van der Waals surface area contributed by atoms with Crippen LogP contribution in [0, 0.1) is 0 Å². The van der Waals surface area contributed by atoms with Crippen LogP contribution in [0.25, 0.3) is 0 Å². The molecule has 1 rings (SSSR count). The Morgan fingerprint density at radius 2 is 2.08 bits per heavy atom. The molecule has 0 amide bonds. The van der Waals surface area contributed by atoms with Crippen LogP contribution in [-0.2, 0) is 0 Å². The normalized spacial score (nSPS) is 10.4. The van der Waals surface area contributed by atoms with Gasteiger partial charge in [0.05, 0.1) is 0 Å². The lowest BCUT2D eigenvalue weighted by molar-refractivity contribution is 0.0688. The smallest absolute Gasteiger partial charge is 0.354 e. The van der Waals surface area contributed by atoms with Crippen molar-refractivity contribution in [2.75, 3.05) is 0 Å². The van der Waals surface area contributed by atoms with Gasteiger partial charge < -0.3 is 10.2 Å². The first-order chi connectivity index (χ1) is 6.02. The van der Waals surface area contributed by atoms with Crippen LogP contribution in [0.5, 0.6) is 5.75 Å². The van der Waals surface area contributed by atoms with E-state index in [1.165, 1.54) is 0 Å². The van der Waals surface area contributed by atoms with E-state index < -0.39 is 29.5 Å². The summed E-state index contributed by atoms with van der Waals surface area (Å²) < 4.78 is 24.1. The Labute approximate surface area is 71.5 Å². The molecule has 2 N–H and O–H groups in total. The molecule has 1 aromatic rings. The van der Waals surface area contributed by atoms with E-state index in [2.05, 4.69) is 4.98 Å². The van der Waals surface area contributed by atoms with Crippen molar-refractivity contribution in [1.29, 1.82) is 0 Å². The summed E-state index contributed by atoms with van der Waals surface area (Å²) in [6.07, 6.45) is -2.99. The van der Waals surface area contributed by atoms with E-state index in [-0.39, 0.29) is 0 Å². The topological polar surface area (TPSA) is 70.4 Å². The summed E-state index contributed by atoms with van der Waals surface area (Å²) >= 11 is 0. The van der Waals surface area contributed by atoms with Gasteiger partial charge in [-0.3, -0.25) is 0 Å². The average molecular weight is 189 g/mol. The third kappa shape index (κ3) is 1.90. The Bertz CT molecular complexity index is 341. The highest BCUT2D eigenvalue weighted by Crippen LogP contribution is 2.25. The molecule has 0 saturated heterocycles. The van der Waals surface area contributed by atoms with Crippen molar-refractivity contribution in [2.45, 2.75) is 6.43 Å². The van der Waals surface area contributed by atoms with Gasteiger partial charge in [-0.1, -0.05) is 0 Å². The van der Waals surface area contributed by atoms with Gasteiger partial charge in [0.1, 0.15) is 17.1 Å². The Hall–Kier alpha value is -1.72. The lowest BCUT2D eigenvalue weighted by atomic mass is 10.3. The highest BCUT2D eigenvalue weighted by atomic mass is 19.3. The molecular formula is C7H5F2NO3. The van der Waals surface area contributed by atoms with E-state index in [1.807, 2.05) is 0 Å². The lowest BCUT2D eigenvalue weighted by Gasteiger charge is -2.02. The summed E-state index contributed by atoms with van der Waals surface area (Å²) in [5.41, 5.74) is -1.44. The van der Waals surface area contributed by atoms with Gasteiger partial charge in [-0.15, -0.1) is 0 Å². The van der Waals surface area contributed by atoms with Gasteiger partial charge in [-0.2, -0.15) is 0 Å². The van der Waals surface area contributed by atoms with Gasteiger partial charge in [0.25, 0.3) is 6.43 Å². The molecule has 0 bridgehead atoms. The highest BCUT2D eigenvalue weighted by Gasteiger charge is 2.17. The Morgan fingerprint density at radius 1 is 1.46 bits per heavy atom. The SMILES string of the molecule is O=C(O)c1ccc(O)c(C(F)F)n1. The molecule has 1 aromatic heterocycles. The van der Waals surface area contributed by atoms with Crippen LogP contribution in [-0.4, -0.2) is 21.2 Å². The van der Waals surface area contributed by atoms with Gasteiger partial charge in [0, 0.05) is 0 Å². The first kappa shape index (κ1) is 9.37. The Balaban J connectivity index is 3.19. The molecule has 70 valence electrons. The summed E-state index contributed by atoms with van der Waals surface area (Å²) in [7, 11) is 0. The molecule has 1 heterocycles. The molecule has 0 unspecified atom stereocenters. The van der Waals surface area contributed by atoms with E-state index in [9.17, 15) is 13.6 Å². The van der Waals surface area contributed by atoms with Crippen LogP contribution in [0.3, 0.4) is 0 Å². The Morgan fingerprint density at radius 3 is 2.54 bits per heavy atom. The minimum atomic E-state index is -2.99. The van der Waals surface area contributed by atoms with Gasteiger partial charge in [-0.25, -0.2) is 18.6 Å². The zero-order valence-electron chi connectivity index (χ0n) is 6.24. The van der Waals surface area contributed by atoms with Crippen molar-refractivity contribution in [3.8, 4) is 5.75 Å². The maximum Gasteiger partial charge on any atom is 0.354 e. The summed E-state index contributed by atoms with van der Waals surface area (Å²) in [6, 6.07) is 1.82. The second kappa shape index (κ2) is 3.34. The van der Waals surface area contributed by atoms with Crippen LogP contribution in [0.2, 0.25) is 0 Å². The molecule has 0 aliphatic rings. The third-order valence-corrected chi connectivity index (χ3v) is 1.33. The van der Waals surface area contributed by atoms with Crippen molar-refractivity contribution >= 4 is 5.97 Å². The molecule has 0 aliphatic carbocycles. The first-order valence-corrected chi connectivity index (χ1v) is 3.23. The monoisotopic (exact) mass is 189 g/mol. The van der Waals surface area contributed by atoms with Gasteiger partial charge in [0.15, 0.2) is 0 Å². The molecule has 0 aromatic carbocycles. The highest BCUT2D eigenvalue weighted by molar-refractivity contribution is 5.85. The van der Waals surface area contributed by atoms with Crippen molar-refractivity contribution in [3.63, 3.8) is 0 Å². The summed E-state index contributed by atoms with van der Waals surface area (Å²) in [5, 5.41) is 17.2. The predicted octanol–water partition coefficient (Wildman–Crippen LogP) is 1.42. The molecule has 0 fully saturated rings. The molecule has 4 nitrogen and oxygen atoms in total. The number of hydrogen-bond donors (Lipinski definition) is 2. The van der Waals surface area contributed by atoms with Crippen LogP contribution in [0.4, 0.5) is 8.78 Å². The van der Waals surface area contributed by atoms with E-state index in [0.717, 1.165) is 12.1 Å². The summed E-state index contributed by atoms with van der Waals surface area (Å²) in [4.78, 5) is 13.4. The number of aromatic hydroxyl groups is 1. The first-order valence-electron chi connectivity index (χ1n) is 3.23. The number of carboxylic acid groups (broad SMARTS) is 1. The fourth-order valence-electron chi connectivity index (χ4n) is 0.747. The number of pyridine rings is 1. The van der Waals surface area contributed by atoms with E-state index in [1.54, 1.807) is 0 Å². The fraction of sp³-hybridized carbons (Fsp3) is 0.143. The molecule has 13 heavy (non-hydrogen) atoms. The molecule has 6 heteroatoms. The van der Waals surface area contributed by atoms with Crippen molar-refractivity contribution in [1.82, 2.24) is 4.98 Å². The third-order valence-electron chi connectivity index (χ3n) is 1.33. The zero-order chi connectivity index (χ0) is 10.0. The van der Waals surface area contributed by atoms with Crippen molar-refractivity contribution in [3.05, 3.63) is 23.5 Å². The second-order valence-corrected chi connectivity index (χ2v) is 2.21. The Kier molecular flexibility index (Phi) is 2.41. The van der Waals surface area contributed by atoms with Crippen molar-refractivity contribution < 1.29 is 23.8 Å². The van der Waals surface area contributed by atoms with Crippen LogP contribution >= 0.6 is 0 Å². The van der Waals surface area contributed by atoms with Gasteiger partial charge in [0.2, 0.25) is 0 Å². The number of aromatic carboxylic acids is 1. The number of carbonyl (C=O) groups is 1. The number of carboxylic acids is 1. The minimum absolute atomic E-state index is 0.520. The van der Waals surface area contributed by atoms with Gasteiger partial charge in [-0.05, 0) is 12.1 Å². The van der Waals surface area contributed by atoms with E-state index >= 15 is 0 Å². The predicted molar refractivity (Wildman–Crippen MR) is 37.8 cm³/mol. The van der Waals surface area contributed by atoms with Gasteiger partial charge >= 0.3 is 5.97 Å². The molecule has 0 aliphatic heterocycles. The number of hydrogen-bond acceptors (Lipinski definition) is 3. The number of halogens is 2. The quantitative estimate of drug-likeness (QED) is 0.738. The number of alkyl halides is 2. The molecule has 0 spiro atoms. The van der Waals surface area contributed by atoms with E-state index in [4.69, 9.17) is 10.2 Å². The maximum absolute atomic E-state index is 12.1. The maximum atomic E-state index is 12.1. The lowest BCUT2D eigenvalue weighted by Crippen LogP contribution is -2.03. The molecule has 0 atom stereocenters.